The van der Waals surface area contributed by atoms with Crippen molar-refractivity contribution >= 4 is 16.5 Å². The number of benzene rings is 2. The van der Waals surface area contributed by atoms with E-state index in [0.717, 1.165) is 11.1 Å². The first-order valence-electron chi connectivity index (χ1n) is 4.11. The maximum Gasteiger partial charge on any atom is 0.0579 e. The van der Waals surface area contributed by atoms with Gasteiger partial charge >= 0.3 is 0 Å². The summed E-state index contributed by atoms with van der Waals surface area (Å²) in [6.07, 6.45) is 0. The first-order valence-corrected chi connectivity index (χ1v) is 4.11. The van der Waals surface area contributed by atoms with Crippen molar-refractivity contribution < 1.29 is 0 Å². The molecule has 0 fully saturated rings. The molecule has 3 nitrogen and oxygen atoms in total. The number of nitrogens with one attached hydrogen (secondary N) is 2. The molecule has 0 aliphatic heterocycles. The number of hydrazine groups is 2. The van der Waals surface area contributed by atoms with Crippen LogP contribution < -0.4 is 16.8 Å². The molecule has 0 saturated heterocycles. The van der Waals surface area contributed by atoms with Crippen molar-refractivity contribution in [1.82, 2.24) is 5.53 Å². The fourth-order valence-electron chi connectivity index (χ4n) is 1.41. The number of rotatable bonds is 2. The van der Waals surface area contributed by atoms with Gasteiger partial charge in [-0.3, -0.25) is 5.84 Å². The van der Waals surface area contributed by atoms with Crippen LogP contribution in [0.3, 0.4) is 0 Å². The molecule has 66 valence electrons. The largest absolute Gasteiger partial charge is 0.308 e. The highest BCUT2D eigenvalue weighted by Gasteiger charge is 1.96. The van der Waals surface area contributed by atoms with Crippen molar-refractivity contribution in [1.29, 1.82) is 0 Å². The SMILES string of the molecule is NNNc1cccc2ccccc12. The molecule has 0 bridgehead atoms. The molecule has 2 aromatic rings. The summed E-state index contributed by atoms with van der Waals surface area (Å²) in [7, 11) is 0. The van der Waals surface area contributed by atoms with Crippen LogP contribution in [-0.4, -0.2) is 0 Å². The van der Waals surface area contributed by atoms with Crippen molar-refractivity contribution in [2.45, 2.75) is 0 Å². The lowest BCUT2D eigenvalue weighted by molar-refractivity contribution is 0.878. The van der Waals surface area contributed by atoms with Crippen LogP contribution in [0.4, 0.5) is 5.69 Å². The second kappa shape index (κ2) is 3.43. The van der Waals surface area contributed by atoms with Crippen molar-refractivity contribution in [3.8, 4) is 0 Å². The Morgan fingerprint density at radius 3 is 2.54 bits per heavy atom. The number of fused-ring (bicyclic) bond motifs is 1. The van der Waals surface area contributed by atoms with Crippen LogP contribution in [0, 0.1) is 0 Å². The Morgan fingerprint density at radius 1 is 0.923 bits per heavy atom. The molecule has 0 aliphatic rings. The normalized spacial score (nSPS) is 10.2. The van der Waals surface area contributed by atoms with Crippen LogP contribution in [0.25, 0.3) is 10.8 Å². The third-order valence-electron chi connectivity index (χ3n) is 2.00. The second-order valence-electron chi connectivity index (χ2n) is 2.80. The van der Waals surface area contributed by atoms with Crippen LogP contribution in [0.5, 0.6) is 0 Å². The van der Waals surface area contributed by atoms with Gasteiger partial charge in [-0.2, -0.15) is 5.53 Å². The predicted octanol–water partition coefficient (Wildman–Crippen LogP) is 1.63. The van der Waals surface area contributed by atoms with E-state index in [1.54, 1.807) is 0 Å². The number of hydrogen-bond acceptors (Lipinski definition) is 3. The molecule has 4 N–H and O–H groups in total. The highest BCUT2D eigenvalue weighted by Crippen LogP contribution is 2.21. The molecule has 13 heavy (non-hydrogen) atoms. The zero-order valence-corrected chi connectivity index (χ0v) is 7.12. The quantitative estimate of drug-likeness (QED) is 0.478. The van der Waals surface area contributed by atoms with Gasteiger partial charge in [0.25, 0.3) is 0 Å². The zero-order valence-electron chi connectivity index (χ0n) is 7.12. The van der Waals surface area contributed by atoms with Gasteiger partial charge in [-0.15, -0.1) is 0 Å². The Bertz CT molecular complexity index is 406. The van der Waals surface area contributed by atoms with E-state index in [0.29, 0.717) is 0 Å². The van der Waals surface area contributed by atoms with Gasteiger partial charge in [-0.1, -0.05) is 36.4 Å². The maximum atomic E-state index is 5.19. The lowest BCUT2D eigenvalue weighted by Gasteiger charge is -2.07. The van der Waals surface area contributed by atoms with E-state index in [-0.39, 0.29) is 0 Å². The fraction of sp³-hybridized carbons (Fsp3) is 0. The Morgan fingerprint density at radius 2 is 1.69 bits per heavy atom. The summed E-state index contributed by atoms with van der Waals surface area (Å²) < 4.78 is 0. The summed E-state index contributed by atoms with van der Waals surface area (Å²) in [6, 6.07) is 14.2. The van der Waals surface area contributed by atoms with Gasteiger partial charge in [0.1, 0.15) is 0 Å². The molecule has 0 heterocycles. The standard InChI is InChI=1S/C10H11N3/c11-13-12-10-7-3-5-8-4-1-2-6-9(8)10/h1-7,12-13H,11H2. The Labute approximate surface area is 76.5 Å². The van der Waals surface area contributed by atoms with E-state index in [1.165, 1.54) is 5.39 Å². The fourth-order valence-corrected chi connectivity index (χ4v) is 1.41. The minimum atomic E-state index is 0.987. The Hall–Kier alpha value is -1.58. The molecule has 0 aliphatic carbocycles. The van der Waals surface area contributed by atoms with E-state index < -0.39 is 0 Å². The first kappa shape index (κ1) is 8.04. The smallest absolute Gasteiger partial charge is 0.0579 e. The number of hydrogen-bond donors (Lipinski definition) is 3. The lowest BCUT2D eigenvalue weighted by Crippen LogP contribution is -2.28. The maximum absolute atomic E-state index is 5.19. The highest BCUT2D eigenvalue weighted by atomic mass is 15.5. The lowest BCUT2D eigenvalue weighted by atomic mass is 10.1. The predicted molar refractivity (Wildman–Crippen MR) is 54.9 cm³/mol. The summed E-state index contributed by atoms with van der Waals surface area (Å²) in [5.41, 5.74) is 6.29. The average molecular weight is 173 g/mol. The van der Waals surface area contributed by atoms with Gasteiger partial charge in [-0.05, 0) is 11.5 Å². The van der Waals surface area contributed by atoms with Crippen LogP contribution in [0.2, 0.25) is 0 Å². The summed E-state index contributed by atoms with van der Waals surface area (Å²) in [5, 5.41) is 2.35. The molecular weight excluding hydrogens is 162 g/mol. The summed E-state index contributed by atoms with van der Waals surface area (Å²) in [5.74, 6) is 5.19. The van der Waals surface area contributed by atoms with Crippen LogP contribution in [-0.2, 0) is 0 Å². The van der Waals surface area contributed by atoms with Gasteiger partial charge in [-0.25, -0.2) is 0 Å². The molecule has 3 heteroatoms. The van der Waals surface area contributed by atoms with Crippen molar-refractivity contribution in [3.05, 3.63) is 42.5 Å². The highest BCUT2D eigenvalue weighted by molar-refractivity contribution is 5.93. The van der Waals surface area contributed by atoms with E-state index in [2.05, 4.69) is 29.2 Å². The van der Waals surface area contributed by atoms with Gasteiger partial charge in [0.2, 0.25) is 0 Å². The van der Waals surface area contributed by atoms with Gasteiger partial charge in [0.05, 0.1) is 5.69 Å². The van der Waals surface area contributed by atoms with Crippen LogP contribution >= 0.6 is 0 Å². The van der Waals surface area contributed by atoms with E-state index in [9.17, 15) is 0 Å². The molecule has 0 aromatic heterocycles. The topological polar surface area (TPSA) is 50.1 Å². The molecule has 0 amide bonds. The minimum absolute atomic E-state index is 0.987. The molecule has 0 radical (unpaired) electrons. The van der Waals surface area contributed by atoms with Gasteiger partial charge in [0, 0.05) is 5.39 Å². The average Bonchev–Trinajstić information content (AvgIpc) is 2.19. The van der Waals surface area contributed by atoms with Crippen LogP contribution in [0.1, 0.15) is 0 Å². The monoisotopic (exact) mass is 173 g/mol. The molecule has 0 saturated carbocycles. The van der Waals surface area contributed by atoms with E-state index >= 15 is 0 Å². The van der Waals surface area contributed by atoms with Crippen molar-refractivity contribution in [2.75, 3.05) is 5.43 Å². The first-order chi connectivity index (χ1) is 6.42. The molecular formula is C10H11N3. The molecule has 0 unspecified atom stereocenters. The minimum Gasteiger partial charge on any atom is -0.308 e. The third kappa shape index (κ3) is 1.47. The molecule has 2 rings (SSSR count). The van der Waals surface area contributed by atoms with Gasteiger partial charge < -0.3 is 5.43 Å². The van der Waals surface area contributed by atoms with E-state index in [4.69, 9.17) is 5.84 Å². The van der Waals surface area contributed by atoms with Crippen molar-refractivity contribution in [2.24, 2.45) is 5.84 Å². The molecule has 0 spiro atoms. The number of anilines is 1. The summed E-state index contributed by atoms with van der Waals surface area (Å²) in [6.45, 7) is 0. The van der Waals surface area contributed by atoms with E-state index in [1.807, 2.05) is 24.3 Å². The zero-order chi connectivity index (χ0) is 9.10. The van der Waals surface area contributed by atoms with Gasteiger partial charge in [0.15, 0.2) is 0 Å². The third-order valence-corrected chi connectivity index (χ3v) is 2.00. The Kier molecular flexibility index (Phi) is 2.12. The second-order valence-corrected chi connectivity index (χ2v) is 2.80. The Balaban J connectivity index is 2.61. The molecule has 0 atom stereocenters. The van der Waals surface area contributed by atoms with Crippen LogP contribution in [0.15, 0.2) is 42.5 Å². The van der Waals surface area contributed by atoms with Crippen molar-refractivity contribution in [3.63, 3.8) is 0 Å². The molecule has 2 aromatic carbocycles. The summed E-state index contributed by atoms with van der Waals surface area (Å²) >= 11 is 0. The summed E-state index contributed by atoms with van der Waals surface area (Å²) in [4.78, 5) is 0. The number of nitrogens with two attached hydrogens (primary N) is 1.